The number of nitrogens with zero attached hydrogens (tertiary/aromatic N) is 4. The van der Waals surface area contributed by atoms with E-state index in [0.717, 1.165) is 18.5 Å². The Kier molecular flexibility index (Phi) is 6.12. The maximum atomic E-state index is 12.3. The Labute approximate surface area is 141 Å². The number of ketones is 1. The number of H-pyrrole nitrogens is 1. The summed E-state index contributed by atoms with van der Waals surface area (Å²) in [5.41, 5.74) is 0.521. The van der Waals surface area contributed by atoms with Gasteiger partial charge in [-0.05, 0) is 13.3 Å². The minimum Gasteiger partial charge on any atom is -0.297 e. The molecule has 9 heteroatoms. The van der Waals surface area contributed by atoms with Crippen LogP contribution in [0.3, 0.4) is 0 Å². The van der Waals surface area contributed by atoms with Crippen LogP contribution in [0.1, 0.15) is 36.4 Å². The third-order valence-corrected chi connectivity index (χ3v) is 5.16. The number of nitrogens with one attached hydrogen (secondary N) is 1. The molecule has 0 saturated carbocycles. The van der Waals surface area contributed by atoms with Gasteiger partial charge >= 0.3 is 5.69 Å². The molecule has 0 spiro atoms. The summed E-state index contributed by atoms with van der Waals surface area (Å²) in [7, 11) is 0. The number of carbonyl (C=O) groups is 1. The molecule has 0 amide bonds. The zero-order chi connectivity index (χ0) is 16.8. The van der Waals surface area contributed by atoms with Crippen molar-refractivity contribution in [3.8, 4) is 6.07 Å². The lowest BCUT2D eigenvalue weighted by molar-refractivity contribution is -0.116. The largest absolute Gasteiger partial charge is 0.343 e. The number of hydrogen-bond acceptors (Lipinski definition) is 7. The summed E-state index contributed by atoms with van der Waals surface area (Å²) in [6.07, 6.45) is 1.82. The van der Waals surface area contributed by atoms with Crippen molar-refractivity contribution in [1.29, 1.82) is 5.26 Å². The zero-order valence-electron chi connectivity index (χ0n) is 12.9. The van der Waals surface area contributed by atoms with Crippen LogP contribution >= 0.6 is 23.1 Å². The van der Waals surface area contributed by atoms with E-state index in [9.17, 15) is 14.9 Å². The van der Waals surface area contributed by atoms with Crippen LogP contribution in [0.5, 0.6) is 0 Å². The lowest BCUT2D eigenvalue weighted by atomic mass is 10.1. The van der Waals surface area contributed by atoms with E-state index in [1.54, 1.807) is 0 Å². The molecule has 0 bridgehead atoms. The molecule has 0 aliphatic heterocycles. The normalized spacial score (nSPS) is 12.0. The van der Waals surface area contributed by atoms with Gasteiger partial charge in [0.05, 0.1) is 11.8 Å². The fraction of sp³-hybridized carbons (Fsp3) is 0.500. The zero-order valence-corrected chi connectivity index (χ0v) is 14.5. The number of hydrogen-bond donors (Lipinski definition) is 1. The molecule has 0 unspecified atom stereocenters. The molecule has 2 aromatic heterocycles. The van der Waals surface area contributed by atoms with Gasteiger partial charge in [0.25, 0.3) is 0 Å². The Morgan fingerprint density at radius 1 is 1.61 bits per heavy atom. The average Bonchev–Trinajstić information content (AvgIpc) is 3.10. The summed E-state index contributed by atoms with van der Waals surface area (Å²) >= 11 is 2.48. The fourth-order valence-corrected chi connectivity index (χ4v) is 3.65. The molecule has 2 rings (SSSR count). The number of unbranched alkanes of at least 4 members (excludes halogenated alkanes) is 1. The first kappa shape index (κ1) is 17.4. The monoisotopic (exact) mass is 351 g/mol. The highest BCUT2D eigenvalue weighted by molar-refractivity contribution is 7.99. The molecule has 1 N–H and O–H groups in total. The Hall–Kier alpha value is -1.92. The number of Topliss-reactive ketones (excluding diaryl/α,β-unsaturated/α-hetero) is 1. The summed E-state index contributed by atoms with van der Waals surface area (Å²) in [5.74, 6) is -1.02. The maximum absolute atomic E-state index is 12.3. The van der Waals surface area contributed by atoms with Gasteiger partial charge in [-0.3, -0.25) is 9.36 Å². The quantitative estimate of drug-likeness (QED) is 0.730. The van der Waals surface area contributed by atoms with E-state index in [1.807, 2.05) is 25.3 Å². The number of rotatable bonds is 8. The summed E-state index contributed by atoms with van der Waals surface area (Å²) < 4.78 is 1.52. The minimum absolute atomic E-state index is 0.0767. The van der Waals surface area contributed by atoms with E-state index in [0.29, 0.717) is 16.7 Å². The van der Waals surface area contributed by atoms with E-state index >= 15 is 0 Å². The summed E-state index contributed by atoms with van der Waals surface area (Å²) in [4.78, 5) is 28.2. The SMILES string of the molecule is CCCCn1c(SCC(=O)[C@@H](C#N)c2nc(C)cs2)n[nH]c1=O. The summed E-state index contributed by atoms with van der Waals surface area (Å²) in [5, 5.41) is 18.4. The van der Waals surface area contributed by atoms with Crippen molar-refractivity contribution in [3.63, 3.8) is 0 Å². The maximum Gasteiger partial charge on any atom is 0.343 e. The Balaban J connectivity index is 2.04. The van der Waals surface area contributed by atoms with Crippen LogP contribution in [-0.2, 0) is 11.3 Å². The van der Waals surface area contributed by atoms with E-state index in [2.05, 4.69) is 15.2 Å². The van der Waals surface area contributed by atoms with Crippen molar-refractivity contribution in [2.75, 3.05) is 5.75 Å². The molecule has 0 radical (unpaired) electrons. The van der Waals surface area contributed by atoms with Gasteiger partial charge in [0.1, 0.15) is 5.01 Å². The van der Waals surface area contributed by atoms with Gasteiger partial charge in [-0.2, -0.15) is 5.26 Å². The van der Waals surface area contributed by atoms with Crippen LogP contribution in [0.15, 0.2) is 15.3 Å². The van der Waals surface area contributed by atoms with Crippen LogP contribution in [0.2, 0.25) is 0 Å². The predicted molar refractivity (Wildman–Crippen MR) is 88.7 cm³/mol. The number of nitriles is 1. The highest BCUT2D eigenvalue weighted by Gasteiger charge is 2.24. The lowest BCUT2D eigenvalue weighted by Crippen LogP contribution is -2.18. The van der Waals surface area contributed by atoms with Crippen molar-refractivity contribution in [1.82, 2.24) is 19.7 Å². The van der Waals surface area contributed by atoms with Gasteiger partial charge in [-0.1, -0.05) is 25.1 Å². The highest BCUT2D eigenvalue weighted by Crippen LogP contribution is 2.23. The molecule has 1 atom stereocenters. The van der Waals surface area contributed by atoms with Crippen LogP contribution < -0.4 is 5.69 Å². The van der Waals surface area contributed by atoms with Crippen molar-refractivity contribution in [2.45, 2.75) is 44.3 Å². The molecule has 7 nitrogen and oxygen atoms in total. The third kappa shape index (κ3) is 4.30. The van der Waals surface area contributed by atoms with Crippen LogP contribution in [-0.4, -0.2) is 31.3 Å². The molecule has 0 aliphatic carbocycles. The molecule has 2 heterocycles. The molecule has 0 saturated heterocycles. The van der Waals surface area contributed by atoms with Gasteiger partial charge in [0, 0.05) is 17.6 Å². The second-order valence-corrected chi connectivity index (χ2v) is 6.79. The number of aryl methyl sites for hydroxylation is 1. The topological polar surface area (TPSA) is 104 Å². The Morgan fingerprint density at radius 2 is 2.39 bits per heavy atom. The molecule has 0 fully saturated rings. The second kappa shape index (κ2) is 8.08. The van der Waals surface area contributed by atoms with Crippen molar-refractivity contribution < 1.29 is 4.79 Å². The number of thiazole rings is 1. The molecule has 2 aromatic rings. The van der Waals surface area contributed by atoms with Gasteiger partial charge < -0.3 is 0 Å². The number of thioether (sulfide) groups is 1. The van der Waals surface area contributed by atoms with E-state index in [-0.39, 0.29) is 17.2 Å². The average molecular weight is 351 g/mol. The molecule has 23 heavy (non-hydrogen) atoms. The number of carbonyl (C=O) groups excluding carboxylic acids is 1. The van der Waals surface area contributed by atoms with E-state index in [1.165, 1.54) is 27.7 Å². The first-order valence-electron chi connectivity index (χ1n) is 7.19. The Bertz CT molecular complexity index is 771. The van der Waals surface area contributed by atoms with Gasteiger partial charge in [-0.15, -0.1) is 16.4 Å². The van der Waals surface area contributed by atoms with Crippen molar-refractivity contribution in [3.05, 3.63) is 26.6 Å². The van der Waals surface area contributed by atoms with Crippen LogP contribution in [0.25, 0.3) is 0 Å². The highest BCUT2D eigenvalue weighted by atomic mass is 32.2. The standard InChI is InChI=1S/C14H17N5O2S2/c1-3-4-5-19-13(21)17-18-14(19)23-8-11(20)10(6-15)12-16-9(2)7-22-12/h7,10H,3-5,8H2,1-2H3,(H,17,21)/t10-/m1/s1. The summed E-state index contributed by atoms with van der Waals surface area (Å²) in [6.45, 7) is 4.43. The smallest absolute Gasteiger partial charge is 0.297 e. The Morgan fingerprint density at radius 3 is 3.00 bits per heavy atom. The minimum atomic E-state index is -0.865. The van der Waals surface area contributed by atoms with E-state index in [4.69, 9.17) is 0 Å². The molecular weight excluding hydrogens is 334 g/mol. The second-order valence-electron chi connectivity index (χ2n) is 4.96. The lowest BCUT2D eigenvalue weighted by Gasteiger charge is -2.06. The predicted octanol–water partition coefficient (Wildman–Crippen LogP) is 2.10. The summed E-state index contributed by atoms with van der Waals surface area (Å²) in [6, 6.07) is 2.01. The number of aromatic nitrogens is 4. The molecule has 122 valence electrons. The molecule has 0 aliphatic rings. The van der Waals surface area contributed by atoms with Crippen LogP contribution in [0, 0.1) is 18.3 Å². The number of aromatic amines is 1. The van der Waals surface area contributed by atoms with E-state index < -0.39 is 5.92 Å². The third-order valence-electron chi connectivity index (χ3n) is 3.14. The first-order valence-corrected chi connectivity index (χ1v) is 9.05. The van der Waals surface area contributed by atoms with Crippen molar-refractivity contribution >= 4 is 28.9 Å². The molecule has 0 aromatic carbocycles. The fourth-order valence-electron chi connectivity index (χ4n) is 1.92. The molecular formula is C14H17N5O2S2. The van der Waals surface area contributed by atoms with Crippen LogP contribution in [0.4, 0.5) is 0 Å². The van der Waals surface area contributed by atoms with Gasteiger partial charge in [-0.25, -0.2) is 14.9 Å². The van der Waals surface area contributed by atoms with Gasteiger partial charge in [0.15, 0.2) is 16.9 Å². The van der Waals surface area contributed by atoms with Crippen molar-refractivity contribution in [2.24, 2.45) is 0 Å². The first-order chi connectivity index (χ1) is 11.1. The van der Waals surface area contributed by atoms with Gasteiger partial charge in [0.2, 0.25) is 0 Å².